The summed E-state index contributed by atoms with van der Waals surface area (Å²) in [5.74, 6) is 0.350. The molecule has 2 rings (SSSR count). The quantitative estimate of drug-likeness (QED) is 0.767. The van der Waals surface area contributed by atoms with Gasteiger partial charge in [0.1, 0.15) is 0 Å². The summed E-state index contributed by atoms with van der Waals surface area (Å²) in [5, 5.41) is 11.0. The number of methoxy groups -OCH3 is 1. The predicted octanol–water partition coefficient (Wildman–Crippen LogP) is 1.55. The van der Waals surface area contributed by atoms with E-state index in [1.807, 2.05) is 0 Å². The molecule has 0 N–H and O–H groups in total. The highest BCUT2D eigenvalue weighted by atomic mass is 35.5. The first-order valence-electron chi connectivity index (χ1n) is 4.43. The summed E-state index contributed by atoms with van der Waals surface area (Å²) in [6, 6.07) is 4.33. The van der Waals surface area contributed by atoms with Gasteiger partial charge in [-0.3, -0.25) is 0 Å². The van der Waals surface area contributed by atoms with Crippen LogP contribution < -0.4 is 4.74 Å². The van der Waals surface area contributed by atoms with E-state index in [0.29, 0.717) is 11.5 Å². The lowest BCUT2D eigenvalue weighted by molar-refractivity contribution is 0.386. The number of halogens is 2. The minimum Gasteiger partial charge on any atom is -0.494 e. The largest absolute Gasteiger partial charge is 0.494 e. The Hall–Kier alpha value is -1.69. The lowest BCUT2D eigenvalue weighted by Gasteiger charge is -2.06. The van der Waals surface area contributed by atoms with Crippen LogP contribution >= 0.6 is 11.6 Å². The third-order valence-electron chi connectivity index (χ3n) is 2.03. The van der Waals surface area contributed by atoms with E-state index in [1.54, 1.807) is 6.07 Å². The molecule has 0 atom stereocenters. The summed E-state index contributed by atoms with van der Waals surface area (Å²) in [5.41, 5.74) is 0.596. The van der Waals surface area contributed by atoms with Crippen LogP contribution in [0.4, 0.5) is 4.39 Å². The molecule has 2 aromatic rings. The molecule has 1 heterocycles. The van der Waals surface area contributed by atoms with Gasteiger partial charge in [0.05, 0.1) is 18.7 Å². The van der Waals surface area contributed by atoms with Gasteiger partial charge in [-0.25, -0.2) is 4.39 Å². The summed E-state index contributed by atoms with van der Waals surface area (Å²) in [4.78, 5) is 0. The van der Waals surface area contributed by atoms with Crippen molar-refractivity contribution in [2.45, 2.75) is 5.88 Å². The molecule has 0 bridgehead atoms. The molecule has 7 heteroatoms. The van der Waals surface area contributed by atoms with Crippen molar-refractivity contribution in [1.82, 2.24) is 20.2 Å². The summed E-state index contributed by atoms with van der Waals surface area (Å²) in [7, 11) is 1.39. The van der Waals surface area contributed by atoms with Gasteiger partial charge in [0, 0.05) is 6.07 Å². The Kier molecular flexibility index (Phi) is 3.00. The van der Waals surface area contributed by atoms with Crippen molar-refractivity contribution in [3.05, 3.63) is 29.8 Å². The first-order chi connectivity index (χ1) is 7.76. The van der Waals surface area contributed by atoms with E-state index < -0.39 is 5.82 Å². The second kappa shape index (κ2) is 4.44. The molecule has 0 aliphatic carbocycles. The van der Waals surface area contributed by atoms with E-state index in [4.69, 9.17) is 16.3 Å². The molecule has 84 valence electrons. The van der Waals surface area contributed by atoms with Gasteiger partial charge in [-0.15, -0.1) is 16.7 Å². The Morgan fingerprint density at radius 2 is 2.31 bits per heavy atom. The molecule has 0 amide bonds. The van der Waals surface area contributed by atoms with Crippen LogP contribution in [0.5, 0.6) is 5.75 Å². The highest BCUT2D eigenvalue weighted by Crippen LogP contribution is 2.20. The number of nitrogens with zero attached hydrogens (tertiary/aromatic N) is 4. The monoisotopic (exact) mass is 242 g/mol. The van der Waals surface area contributed by atoms with Crippen molar-refractivity contribution >= 4 is 11.6 Å². The van der Waals surface area contributed by atoms with Crippen LogP contribution in [0.3, 0.4) is 0 Å². The van der Waals surface area contributed by atoms with E-state index in [2.05, 4.69) is 15.5 Å². The van der Waals surface area contributed by atoms with Crippen LogP contribution in [0.2, 0.25) is 0 Å². The van der Waals surface area contributed by atoms with Crippen LogP contribution in [0, 0.1) is 5.82 Å². The van der Waals surface area contributed by atoms with Gasteiger partial charge in [-0.2, -0.15) is 4.68 Å². The second-order valence-electron chi connectivity index (χ2n) is 2.96. The Balaban J connectivity index is 2.48. The van der Waals surface area contributed by atoms with E-state index in [0.717, 1.165) is 0 Å². The van der Waals surface area contributed by atoms with Gasteiger partial charge >= 0.3 is 0 Å². The molecule has 1 aromatic heterocycles. The molecule has 0 saturated heterocycles. The molecule has 0 saturated carbocycles. The van der Waals surface area contributed by atoms with Crippen molar-refractivity contribution < 1.29 is 9.13 Å². The topological polar surface area (TPSA) is 52.8 Å². The average Bonchev–Trinajstić information content (AvgIpc) is 2.78. The molecule has 0 fully saturated rings. The minimum atomic E-state index is -0.438. The van der Waals surface area contributed by atoms with E-state index in [1.165, 1.54) is 23.9 Å². The fourth-order valence-corrected chi connectivity index (χ4v) is 1.44. The van der Waals surface area contributed by atoms with Crippen LogP contribution in [-0.2, 0) is 5.88 Å². The number of tetrazole rings is 1. The van der Waals surface area contributed by atoms with Crippen LogP contribution in [0.1, 0.15) is 5.82 Å². The first kappa shape index (κ1) is 10.8. The zero-order valence-electron chi connectivity index (χ0n) is 8.39. The third kappa shape index (κ3) is 1.83. The molecule has 1 aromatic carbocycles. The Bertz CT molecular complexity index is 502. The second-order valence-corrected chi connectivity index (χ2v) is 3.23. The van der Waals surface area contributed by atoms with Crippen molar-refractivity contribution in [3.8, 4) is 11.4 Å². The number of rotatable bonds is 3. The molecule has 0 unspecified atom stereocenters. The zero-order chi connectivity index (χ0) is 11.5. The van der Waals surface area contributed by atoms with Crippen LogP contribution in [0.15, 0.2) is 18.2 Å². The molecule has 16 heavy (non-hydrogen) atoms. The lowest BCUT2D eigenvalue weighted by Crippen LogP contribution is -2.02. The van der Waals surface area contributed by atoms with Gasteiger partial charge in [-0.1, -0.05) is 0 Å². The van der Waals surface area contributed by atoms with Crippen molar-refractivity contribution in [1.29, 1.82) is 0 Å². The summed E-state index contributed by atoms with van der Waals surface area (Å²) >= 11 is 5.66. The van der Waals surface area contributed by atoms with E-state index >= 15 is 0 Å². The molecule has 0 spiro atoms. The maximum Gasteiger partial charge on any atom is 0.171 e. The van der Waals surface area contributed by atoms with Crippen molar-refractivity contribution in [2.24, 2.45) is 0 Å². The van der Waals surface area contributed by atoms with E-state index in [-0.39, 0.29) is 11.6 Å². The molecule has 5 nitrogen and oxygen atoms in total. The minimum absolute atomic E-state index is 0.133. The predicted molar refractivity (Wildman–Crippen MR) is 55.2 cm³/mol. The average molecular weight is 243 g/mol. The van der Waals surface area contributed by atoms with E-state index in [9.17, 15) is 4.39 Å². The molecule has 0 aliphatic heterocycles. The van der Waals surface area contributed by atoms with Crippen molar-refractivity contribution in [2.75, 3.05) is 7.11 Å². The molecule has 0 aliphatic rings. The Morgan fingerprint density at radius 3 is 3.00 bits per heavy atom. The number of hydrogen-bond donors (Lipinski definition) is 0. The van der Waals surface area contributed by atoms with Gasteiger partial charge < -0.3 is 4.74 Å². The number of aromatic nitrogens is 4. The summed E-state index contributed by atoms with van der Waals surface area (Å²) in [6.45, 7) is 0. The first-order valence-corrected chi connectivity index (χ1v) is 4.97. The van der Waals surface area contributed by atoms with Gasteiger partial charge in [0.2, 0.25) is 0 Å². The highest BCUT2D eigenvalue weighted by molar-refractivity contribution is 6.16. The number of alkyl halides is 1. The third-order valence-corrected chi connectivity index (χ3v) is 2.27. The maximum atomic E-state index is 13.2. The Labute approximate surface area is 95.8 Å². The molecule has 0 radical (unpaired) electrons. The van der Waals surface area contributed by atoms with Gasteiger partial charge in [-0.05, 0) is 22.6 Å². The normalized spacial score (nSPS) is 10.4. The van der Waals surface area contributed by atoms with Crippen LogP contribution in [-0.4, -0.2) is 27.3 Å². The molecular formula is C9H8ClFN4O. The maximum absolute atomic E-state index is 13.2. The highest BCUT2D eigenvalue weighted by Gasteiger charge is 2.10. The number of ether oxygens (including phenoxy) is 1. The fraction of sp³-hybridized carbons (Fsp3) is 0.222. The van der Waals surface area contributed by atoms with Crippen LogP contribution in [0.25, 0.3) is 5.69 Å². The number of hydrogen-bond acceptors (Lipinski definition) is 4. The summed E-state index contributed by atoms with van der Waals surface area (Å²) < 4.78 is 19.5. The summed E-state index contributed by atoms with van der Waals surface area (Å²) in [6.07, 6.45) is 0. The smallest absolute Gasteiger partial charge is 0.171 e. The van der Waals surface area contributed by atoms with Gasteiger partial charge in [0.25, 0.3) is 0 Å². The standard InChI is InChI=1S/C9H8ClFN4O/c1-16-8-4-6(2-3-7(8)11)15-9(5-10)12-13-14-15/h2-4H,5H2,1H3. The molecular weight excluding hydrogens is 235 g/mol. The SMILES string of the molecule is COc1cc(-n2nnnc2CCl)ccc1F. The zero-order valence-corrected chi connectivity index (χ0v) is 9.15. The Morgan fingerprint density at radius 1 is 1.50 bits per heavy atom. The van der Waals surface area contributed by atoms with Crippen molar-refractivity contribution in [3.63, 3.8) is 0 Å². The fourth-order valence-electron chi connectivity index (χ4n) is 1.27. The number of benzene rings is 1. The lowest BCUT2D eigenvalue weighted by atomic mass is 10.3. The van der Waals surface area contributed by atoms with Gasteiger partial charge in [0.15, 0.2) is 17.4 Å².